The second kappa shape index (κ2) is 5.93. The molecule has 1 heterocycles. The molecule has 0 aliphatic carbocycles. The highest BCUT2D eigenvalue weighted by molar-refractivity contribution is 9.10. The van der Waals surface area contributed by atoms with Crippen molar-refractivity contribution in [2.24, 2.45) is 5.73 Å². The maximum absolute atomic E-state index is 13.6. The second-order valence-electron chi connectivity index (χ2n) is 3.77. The molecule has 2 aromatic rings. The smallest absolute Gasteiger partial charge is 0.165 e. The molecule has 94 valence electrons. The number of halogens is 2. The summed E-state index contributed by atoms with van der Waals surface area (Å²) < 4.78 is 19.9. The third-order valence-corrected chi connectivity index (χ3v) is 2.82. The molecule has 0 saturated carbocycles. The van der Waals surface area contributed by atoms with Crippen molar-refractivity contribution in [1.29, 1.82) is 0 Å². The highest BCUT2D eigenvalue weighted by atomic mass is 79.9. The Labute approximate surface area is 113 Å². The van der Waals surface area contributed by atoms with Crippen molar-refractivity contribution in [1.82, 2.24) is 4.98 Å². The standard InChI is InChI=1S/C13H12BrFN2O/c14-11-3-10(6-17-7-11)8-18-13-2-1-9(5-16)4-12(13)15/h1-4,6-7H,5,8,16H2. The van der Waals surface area contributed by atoms with Gasteiger partial charge < -0.3 is 10.5 Å². The van der Waals surface area contributed by atoms with Gasteiger partial charge in [-0.1, -0.05) is 6.07 Å². The van der Waals surface area contributed by atoms with E-state index in [4.69, 9.17) is 10.5 Å². The first kappa shape index (κ1) is 13.0. The molecule has 1 aromatic heterocycles. The normalized spacial score (nSPS) is 10.4. The molecule has 0 amide bonds. The van der Waals surface area contributed by atoms with Gasteiger partial charge in [0.05, 0.1) is 0 Å². The summed E-state index contributed by atoms with van der Waals surface area (Å²) in [6.07, 6.45) is 3.36. The summed E-state index contributed by atoms with van der Waals surface area (Å²) in [4.78, 5) is 4.01. The molecule has 0 radical (unpaired) electrons. The summed E-state index contributed by atoms with van der Waals surface area (Å²) in [7, 11) is 0. The molecule has 2 N–H and O–H groups in total. The van der Waals surface area contributed by atoms with Gasteiger partial charge >= 0.3 is 0 Å². The number of hydrogen-bond acceptors (Lipinski definition) is 3. The fourth-order valence-electron chi connectivity index (χ4n) is 1.48. The van der Waals surface area contributed by atoms with E-state index in [0.29, 0.717) is 6.54 Å². The Hall–Kier alpha value is -1.46. The summed E-state index contributed by atoms with van der Waals surface area (Å²) in [6.45, 7) is 0.581. The molecule has 0 aliphatic rings. The van der Waals surface area contributed by atoms with Crippen LogP contribution in [0.2, 0.25) is 0 Å². The number of ether oxygens (including phenoxy) is 1. The van der Waals surface area contributed by atoms with E-state index >= 15 is 0 Å². The van der Waals surface area contributed by atoms with Gasteiger partial charge in [0.1, 0.15) is 6.61 Å². The monoisotopic (exact) mass is 310 g/mol. The number of hydrogen-bond donors (Lipinski definition) is 1. The molecule has 0 unspecified atom stereocenters. The summed E-state index contributed by atoms with van der Waals surface area (Å²) in [6, 6.07) is 6.59. The quantitative estimate of drug-likeness (QED) is 0.944. The van der Waals surface area contributed by atoms with Gasteiger partial charge in [-0.05, 0) is 39.7 Å². The van der Waals surface area contributed by atoms with Gasteiger partial charge in [-0.2, -0.15) is 0 Å². The first-order chi connectivity index (χ1) is 8.69. The third kappa shape index (κ3) is 3.27. The lowest BCUT2D eigenvalue weighted by atomic mass is 10.2. The Morgan fingerprint density at radius 3 is 2.72 bits per heavy atom. The zero-order chi connectivity index (χ0) is 13.0. The molecule has 0 fully saturated rings. The average Bonchev–Trinajstić information content (AvgIpc) is 2.37. The second-order valence-corrected chi connectivity index (χ2v) is 4.68. The van der Waals surface area contributed by atoms with Gasteiger partial charge in [-0.25, -0.2) is 4.39 Å². The van der Waals surface area contributed by atoms with Crippen molar-refractivity contribution in [3.8, 4) is 5.75 Å². The maximum atomic E-state index is 13.6. The highest BCUT2D eigenvalue weighted by Gasteiger charge is 2.05. The zero-order valence-corrected chi connectivity index (χ0v) is 11.2. The van der Waals surface area contributed by atoms with Gasteiger partial charge in [0.15, 0.2) is 11.6 Å². The molecule has 0 saturated heterocycles. The van der Waals surface area contributed by atoms with Crippen LogP contribution in [0.15, 0.2) is 41.1 Å². The van der Waals surface area contributed by atoms with E-state index < -0.39 is 5.82 Å². The summed E-state index contributed by atoms with van der Waals surface area (Å²) in [5, 5.41) is 0. The number of pyridine rings is 1. The fraction of sp³-hybridized carbons (Fsp3) is 0.154. The molecule has 2 rings (SSSR count). The largest absolute Gasteiger partial charge is 0.486 e. The predicted molar refractivity (Wildman–Crippen MR) is 70.6 cm³/mol. The van der Waals surface area contributed by atoms with E-state index in [-0.39, 0.29) is 12.4 Å². The Balaban J connectivity index is 2.06. The van der Waals surface area contributed by atoms with Crippen molar-refractivity contribution >= 4 is 15.9 Å². The lowest BCUT2D eigenvalue weighted by molar-refractivity contribution is 0.289. The van der Waals surface area contributed by atoms with Crippen LogP contribution >= 0.6 is 15.9 Å². The van der Waals surface area contributed by atoms with Crippen LogP contribution in [0, 0.1) is 5.82 Å². The van der Waals surface area contributed by atoms with Gasteiger partial charge in [-0.15, -0.1) is 0 Å². The molecule has 0 bridgehead atoms. The van der Waals surface area contributed by atoms with E-state index in [0.717, 1.165) is 15.6 Å². The number of nitrogens with zero attached hydrogens (tertiary/aromatic N) is 1. The van der Waals surface area contributed by atoms with Crippen LogP contribution in [0.5, 0.6) is 5.75 Å². The Morgan fingerprint density at radius 2 is 2.06 bits per heavy atom. The number of nitrogens with two attached hydrogens (primary N) is 1. The zero-order valence-electron chi connectivity index (χ0n) is 9.57. The van der Waals surface area contributed by atoms with Crippen molar-refractivity contribution in [3.63, 3.8) is 0 Å². The van der Waals surface area contributed by atoms with Crippen LogP contribution in [0.25, 0.3) is 0 Å². The van der Waals surface area contributed by atoms with Crippen LogP contribution in [-0.2, 0) is 13.2 Å². The van der Waals surface area contributed by atoms with Gasteiger partial charge in [0.2, 0.25) is 0 Å². The molecule has 0 aliphatic heterocycles. The molecule has 18 heavy (non-hydrogen) atoms. The maximum Gasteiger partial charge on any atom is 0.165 e. The molecule has 5 heteroatoms. The van der Waals surface area contributed by atoms with E-state index in [1.807, 2.05) is 6.07 Å². The fourth-order valence-corrected chi connectivity index (χ4v) is 1.90. The lowest BCUT2D eigenvalue weighted by Crippen LogP contribution is -2.00. The molecule has 1 aromatic carbocycles. The lowest BCUT2D eigenvalue weighted by Gasteiger charge is -2.08. The summed E-state index contributed by atoms with van der Waals surface area (Å²) in [5.74, 6) is -0.187. The van der Waals surface area contributed by atoms with Gasteiger partial charge in [0.25, 0.3) is 0 Å². The van der Waals surface area contributed by atoms with Gasteiger partial charge in [0, 0.05) is 29.0 Å². The van der Waals surface area contributed by atoms with Crippen molar-refractivity contribution < 1.29 is 9.13 Å². The van der Waals surface area contributed by atoms with E-state index in [9.17, 15) is 4.39 Å². The third-order valence-electron chi connectivity index (χ3n) is 2.39. The van der Waals surface area contributed by atoms with Crippen molar-refractivity contribution in [3.05, 3.63) is 58.1 Å². The minimum atomic E-state index is -0.402. The van der Waals surface area contributed by atoms with Gasteiger partial charge in [-0.3, -0.25) is 4.98 Å². The van der Waals surface area contributed by atoms with E-state index in [1.54, 1.807) is 24.5 Å². The first-order valence-electron chi connectivity index (χ1n) is 5.40. The SMILES string of the molecule is NCc1ccc(OCc2cncc(Br)c2)c(F)c1. The number of benzene rings is 1. The Kier molecular flexibility index (Phi) is 4.28. The summed E-state index contributed by atoms with van der Waals surface area (Å²) >= 11 is 3.32. The average molecular weight is 311 g/mol. The van der Waals surface area contributed by atoms with Crippen LogP contribution in [-0.4, -0.2) is 4.98 Å². The van der Waals surface area contributed by atoms with Crippen LogP contribution < -0.4 is 10.5 Å². The van der Waals surface area contributed by atoms with E-state index in [1.165, 1.54) is 6.07 Å². The predicted octanol–water partition coefficient (Wildman–Crippen LogP) is 3.02. The minimum Gasteiger partial charge on any atom is -0.486 e. The molecule has 0 atom stereocenters. The van der Waals surface area contributed by atoms with Crippen LogP contribution in [0.1, 0.15) is 11.1 Å². The topological polar surface area (TPSA) is 48.1 Å². The Morgan fingerprint density at radius 1 is 1.22 bits per heavy atom. The number of rotatable bonds is 4. The van der Waals surface area contributed by atoms with Crippen LogP contribution in [0.3, 0.4) is 0 Å². The summed E-state index contributed by atoms with van der Waals surface area (Å²) in [5.41, 5.74) is 7.04. The molecular weight excluding hydrogens is 299 g/mol. The molecular formula is C13H12BrFN2O. The first-order valence-corrected chi connectivity index (χ1v) is 6.19. The van der Waals surface area contributed by atoms with Crippen molar-refractivity contribution in [2.75, 3.05) is 0 Å². The molecule has 0 spiro atoms. The van der Waals surface area contributed by atoms with Crippen molar-refractivity contribution in [2.45, 2.75) is 13.2 Å². The Bertz CT molecular complexity index is 548. The van der Waals surface area contributed by atoms with E-state index in [2.05, 4.69) is 20.9 Å². The minimum absolute atomic E-state index is 0.215. The highest BCUT2D eigenvalue weighted by Crippen LogP contribution is 2.20. The molecule has 3 nitrogen and oxygen atoms in total. The van der Waals surface area contributed by atoms with Crippen LogP contribution in [0.4, 0.5) is 4.39 Å². The number of aromatic nitrogens is 1.